The molecule has 0 aliphatic carbocycles. The molecule has 0 saturated heterocycles. The van der Waals surface area contributed by atoms with E-state index >= 15 is 0 Å². The number of nitrogens with one attached hydrogen (secondary N) is 2. The molecule has 0 aliphatic heterocycles. The van der Waals surface area contributed by atoms with E-state index in [9.17, 15) is 19.7 Å². The normalized spacial score (nSPS) is 12.1. The third-order valence-corrected chi connectivity index (χ3v) is 5.67. The van der Waals surface area contributed by atoms with Crippen molar-refractivity contribution in [2.75, 3.05) is 0 Å². The van der Waals surface area contributed by atoms with Crippen molar-refractivity contribution in [2.24, 2.45) is 11.0 Å². The first kappa shape index (κ1) is 26.2. The van der Waals surface area contributed by atoms with E-state index in [1.807, 2.05) is 0 Å². The first-order valence-corrected chi connectivity index (χ1v) is 11.3. The lowest BCUT2D eigenvalue weighted by Gasteiger charge is -2.20. The van der Waals surface area contributed by atoms with Crippen molar-refractivity contribution in [1.82, 2.24) is 10.7 Å². The topological polar surface area (TPSA) is 127 Å². The number of nitro groups is 1. The van der Waals surface area contributed by atoms with Gasteiger partial charge in [-0.15, -0.1) is 0 Å². The highest BCUT2D eigenvalue weighted by Crippen LogP contribution is 2.37. The Morgan fingerprint density at radius 2 is 1.83 bits per heavy atom. The van der Waals surface area contributed by atoms with Gasteiger partial charge >= 0.3 is 0 Å². The summed E-state index contributed by atoms with van der Waals surface area (Å²) in [6.45, 7) is 3.56. The summed E-state index contributed by atoms with van der Waals surface area (Å²) in [4.78, 5) is 35.5. The van der Waals surface area contributed by atoms with Crippen molar-refractivity contribution in [3.05, 3.63) is 85.0 Å². The van der Waals surface area contributed by atoms with E-state index in [1.54, 1.807) is 44.2 Å². The number of rotatable bonds is 8. The van der Waals surface area contributed by atoms with Crippen molar-refractivity contribution in [3.8, 4) is 11.3 Å². The van der Waals surface area contributed by atoms with Gasteiger partial charge in [0.05, 0.1) is 16.2 Å². The molecule has 3 aromatic rings. The van der Waals surface area contributed by atoms with Gasteiger partial charge in [0.15, 0.2) is 0 Å². The maximum atomic E-state index is 12.6. The quantitative estimate of drug-likeness (QED) is 0.216. The summed E-state index contributed by atoms with van der Waals surface area (Å²) in [5, 5.41) is 18.0. The van der Waals surface area contributed by atoms with Gasteiger partial charge in [-0.05, 0) is 42.3 Å². The molecule has 0 bridgehead atoms. The number of carbonyl (C=O) groups excluding carboxylic acids is 2. The Bertz CT molecular complexity index is 1310. The third kappa shape index (κ3) is 6.60. The van der Waals surface area contributed by atoms with Gasteiger partial charge in [0.25, 0.3) is 17.5 Å². The summed E-state index contributed by atoms with van der Waals surface area (Å²) in [6, 6.07) is 11.1. The molecule has 0 saturated carbocycles. The lowest BCUT2D eigenvalue weighted by atomic mass is 10.0. The van der Waals surface area contributed by atoms with Crippen molar-refractivity contribution in [1.29, 1.82) is 0 Å². The van der Waals surface area contributed by atoms with Crippen LogP contribution in [0.4, 0.5) is 5.69 Å². The summed E-state index contributed by atoms with van der Waals surface area (Å²) in [5.74, 6) is -0.621. The van der Waals surface area contributed by atoms with Crippen molar-refractivity contribution in [2.45, 2.75) is 19.9 Å². The predicted molar refractivity (Wildman–Crippen MR) is 134 cm³/mol. The molecule has 2 amide bonds. The standard InChI is InChI=1S/C23H19Cl3N4O5/c1-12(2)21(28-22(31)13-4-3-5-14(24)8-13)23(32)29-27-11-15-6-7-20(35-15)16-9-18(26)19(30(33)34)10-17(16)25/h3-12,21H,1-2H3,(H,28,31)(H,29,32). The van der Waals surface area contributed by atoms with Crippen LogP contribution in [0.2, 0.25) is 15.1 Å². The van der Waals surface area contributed by atoms with Crippen molar-refractivity contribution < 1.29 is 18.9 Å². The Kier molecular flexibility index (Phi) is 8.50. The summed E-state index contributed by atoms with van der Waals surface area (Å²) >= 11 is 18.0. The molecule has 1 atom stereocenters. The second kappa shape index (κ2) is 11.4. The van der Waals surface area contributed by atoms with Crippen molar-refractivity contribution >= 4 is 58.5 Å². The Balaban J connectivity index is 1.67. The zero-order valence-corrected chi connectivity index (χ0v) is 20.7. The number of halogens is 3. The fourth-order valence-electron chi connectivity index (χ4n) is 3.05. The zero-order valence-electron chi connectivity index (χ0n) is 18.4. The van der Waals surface area contributed by atoms with Crippen LogP contribution in [-0.2, 0) is 4.79 Å². The van der Waals surface area contributed by atoms with Gasteiger partial charge in [-0.25, -0.2) is 5.43 Å². The lowest BCUT2D eigenvalue weighted by Crippen LogP contribution is -2.48. The second-order valence-electron chi connectivity index (χ2n) is 7.68. The first-order chi connectivity index (χ1) is 16.6. The molecule has 2 aromatic carbocycles. The predicted octanol–water partition coefficient (Wildman–Crippen LogP) is 5.72. The number of hydrogen-bond donors (Lipinski definition) is 2. The number of furan rings is 1. The largest absolute Gasteiger partial charge is 0.455 e. The van der Waals surface area contributed by atoms with E-state index in [1.165, 1.54) is 18.3 Å². The maximum Gasteiger partial charge on any atom is 0.289 e. The minimum Gasteiger partial charge on any atom is -0.455 e. The smallest absolute Gasteiger partial charge is 0.289 e. The van der Waals surface area contributed by atoms with Crippen LogP contribution in [-0.4, -0.2) is 29.0 Å². The second-order valence-corrected chi connectivity index (χ2v) is 8.93. The molecule has 0 spiro atoms. The van der Waals surface area contributed by atoms with Gasteiger partial charge < -0.3 is 9.73 Å². The molecule has 1 aromatic heterocycles. The van der Waals surface area contributed by atoms with E-state index in [2.05, 4.69) is 15.8 Å². The fraction of sp³-hybridized carbons (Fsp3) is 0.174. The van der Waals surface area contributed by atoms with Crippen LogP contribution in [0.5, 0.6) is 0 Å². The summed E-state index contributed by atoms with van der Waals surface area (Å²) < 4.78 is 5.63. The van der Waals surface area contributed by atoms with Crippen LogP contribution < -0.4 is 10.7 Å². The molecular formula is C23H19Cl3N4O5. The monoisotopic (exact) mass is 536 g/mol. The van der Waals surface area contributed by atoms with Gasteiger partial charge in [-0.2, -0.15) is 5.10 Å². The lowest BCUT2D eigenvalue weighted by molar-refractivity contribution is -0.384. The van der Waals surface area contributed by atoms with Crippen LogP contribution >= 0.6 is 34.8 Å². The number of nitrogens with zero attached hydrogens (tertiary/aromatic N) is 2. The minimum atomic E-state index is -0.855. The van der Waals surface area contributed by atoms with Crippen LogP contribution in [0.25, 0.3) is 11.3 Å². The molecule has 2 N–H and O–H groups in total. The molecule has 0 radical (unpaired) electrons. The Morgan fingerprint density at radius 1 is 1.09 bits per heavy atom. The molecule has 1 unspecified atom stereocenters. The average molecular weight is 538 g/mol. The molecule has 9 nitrogen and oxygen atoms in total. The van der Waals surface area contributed by atoms with Crippen LogP contribution in [0, 0.1) is 16.0 Å². The van der Waals surface area contributed by atoms with Crippen LogP contribution in [0.3, 0.4) is 0 Å². The van der Waals surface area contributed by atoms with E-state index < -0.39 is 22.8 Å². The highest BCUT2D eigenvalue weighted by Gasteiger charge is 2.24. The van der Waals surface area contributed by atoms with Crippen molar-refractivity contribution in [3.63, 3.8) is 0 Å². The SMILES string of the molecule is CC(C)C(NC(=O)c1cccc(Cl)c1)C(=O)NN=Cc1ccc(-c2cc(Cl)c([N+](=O)[O-])cc2Cl)o1. The summed E-state index contributed by atoms with van der Waals surface area (Å²) in [5.41, 5.74) is 2.74. The van der Waals surface area contributed by atoms with Crippen LogP contribution in [0.1, 0.15) is 30.0 Å². The number of nitro benzene ring substituents is 1. The highest BCUT2D eigenvalue weighted by molar-refractivity contribution is 6.36. The summed E-state index contributed by atoms with van der Waals surface area (Å²) in [7, 11) is 0. The Labute approximate surface area is 215 Å². The van der Waals surface area contributed by atoms with E-state index in [0.29, 0.717) is 21.9 Å². The number of benzene rings is 2. The number of carbonyl (C=O) groups is 2. The molecule has 3 rings (SSSR count). The average Bonchev–Trinajstić information content (AvgIpc) is 3.26. The molecule has 182 valence electrons. The van der Waals surface area contributed by atoms with E-state index in [-0.39, 0.29) is 27.4 Å². The Hall–Kier alpha value is -3.40. The van der Waals surface area contributed by atoms with Crippen LogP contribution in [0.15, 0.2) is 58.0 Å². The molecular weight excluding hydrogens is 519 g/mol. The molecule has 1 heterocycles. The van der Waals surface area contributed by atoms with Gasteiger partial charge in [0.2, 0.25) is 0 Å². The first-order valence-electron chi connectivity index (χ1n) is 10.2. The number of hydrogen-bond acceptors (Lipinski definition) is 6. The third-order valence-electron chi connectivity index (χ3n) is 4.81. The number of amides is 2. The Morgan fingerprint density at radius 3 is 2.49 bits per heavy atom. The number of hydrazone groups is 1. The zero-order chi connectivity index (χ0) is 25.7. The summed E-state index contributed by atoms with van der Waals surface area (Å²) in [6.07, 6.45) is 1.26. The molecule has 0 aliphatic rings. The molecule has 12 heteroatoms. The van der Waals surface area contributed by atoms with E-state index in [0.717, 1.165) is 6.07 Å². The highest BCUT2D eigenvalue weighted by atomic mass is 35.5. The minimum absolute atomic E-state index is 0.0856. The van der Waals surface area contributed by atoms with Gasteiger partial charge in [0, 0.05) is 22.2 Å². The fourth-order valence-corrected chi connectivity index (χ4v) is 3.72. The van der Waals surface area contributed by atoms with Gasteiger partial charge in [-0.1, -0.05) is 54.7 Å². The van der Waals surface area contributed by atoms with Gasteiger partial charge in [-0.3, -0.25) is 19.7 Å². The molecule has 0 fully saturated rings. The van der Waals surface area contributed by atoms with Gasteiger partial charge in [0.1, 0.15) is 22.6 Å². The maximum absolute atomic E-state index is 12.6. The molecule has 35 heavy (non-hydrogen) atoms. The van der Waals surface area contributed by atoms with E-state index in [4.69, 9.17) is 39.2 Å².